The van der Waals surface area contributed by atoms with Crippen LogP contribution in [-0.2, 0) is 9.59 Å². The van der Waals surface area contributed by atoms with Crippen molar-refractivity contribution in [1.29, 1.82) is 0 Å². The number of carboxylic acid groups (broad SMARTS) is 2. The van der Waals surface area contributed by atoms with E-state index in [2.05, 4.69) is 6.92 Å². The molecule has 0 fully saturated rings. The van der Waals surface area contributed by atoms with Crippen LogP contribution in [0.2, 0.25) is 0 Å². The van der Waals surface area contributed by atoms with Crippen molar-refractivity contribution in [2.45, 2.75) is 110 Å². The van der Waals surface area contributed by atoms with E-state index in [-0.39, 0.29) is 33.1 Å². The third-order valence-electron chi connectivity index (χ3n) is 4.98. The summed E-state index contributed by atoms with van der Waals surface area (Å²) >= 11 is 0. The van der Waals surface area contributed by atoms with E-state index in [0.717, 1.165) is 25.7 Å². The fraction of sp³-hybridized carbons (Fsp3) is 0.900. The number of rotatable bonds is 17. The van der Waals surface area contributed by atoms with Crippen LogP contribution in [0.5, 0.6) is 0 Å². The first-order chi connectivity index (χ1) is 11.5. The molecule has 0 saturated carbocycles. The van der Waals surface area contributed by atoms with Gasteiger partial charge >= 0.3 is 30.8 Å². The number of carboxylic acids is 2. The standard InChI is InChI=1S/C20H38O4.Li.H/c1-3-5-7-8-9-10-11-12-13-15-17-20(18(21)22,19(23)24)16-14-6-4-2;;/h3-17H2,1-2H3,(H,21,22)(H,23,24);;/q;+1;-1. The molecule has 5 heteroatoms. The van der Waals surface area contributed by atoms with Crippen molar-refractivity contribution in [3.63, 3.8) is 0 Å². The second kappa shape index (κ2) is 17.0. The Bertz CT molecular complexity index is 337. The summed E-state index contributed by atoms with van der Waals surface area (Å²) in [5.41, 5.74) is -1.57. The summed E-state index contributed by atoms with van der Waals surface area (Å²) in [5.74, 6) is -2.33. The van der Waals surface area contributed by atoms with Gasteiger partial charge in [-0.2, -0.15) is 0 Å². The first-order valence-electron chi connectivity index (χ1n) is 9.98. The van der Waals surface area contributed by atoms with Crippen LogP contribution in [-0.4, -0.2) is 22.2 Å². The maximum atomic E-state index is 11.6. The van der Waals surface area contributed by atoms with Gasteiger partial charge in [-0.15, -0.1) is 0 Å². The molecule has 0 atom stereocenters. The van der Waals surface area contributed by atoms with Crippen molar-refractivity contribution >= 4 is 11.9 Å². The monoisotopic (exact) mass is 350 g/mol. The summed E-state index contributed by atoms with van der Waals surface area (Å²) in [5, 5.41) is 18.9. The smallest absolute Gasteiger partial charge is 1.00 e. The quantitative estimate of drug-likeness (QED) is 0.240. The molecule has 25 heavy (non-hydrogen) atoms. The van der Waals surface area contributed by atoms with Crippen molar-refractivity contribution in [2.24, 2.45) is 5.41 Å². The van der Waals surface area contributed by atoms with Crippen molar-refractivity contribution in [3.05, 3.63) is 0 Å². The molecule has 2 N–H and O–H groups in total. The molecule has 0 rings (SSSR count). The number of unbranched alkanes of at least 4 members (excludes halogenated alkanes) is 11. The fourth-order valence-corrected chi connectivity index (χ4v) is 3.24. The molecule has 0 bridgehead atoms. The zero-order valence-corrected chi connectivity index (χ0v) is 16.8. The Balaban J connectivity index is -0.00000264. The van der Waals surface area contributed by atoms with E-state index in [4.69, 9.17) is 0 Å². The first kappa shape index (κ1) is 26.8. The number of aliphatic carboxylic acids is 2. The summed E-state index contributed by atoms with van der Waals surface area (Å²) in [7, 11) is 0. The minimum atomic E-state index is -1.57. The third-order valence-corrected chi connectivity index (χ3v) is 4.98. The van der Waals surface area contributed by atoms with Crippen molar-refractivity contribution in [1.82, 2.24) is 0 Å². The van der Waals surface area contributed by atoms with Crippen LogP contribution in [0, 0.1) is 5.41 Å². The van der Waals surface area contributed by atoms with Gasteiger partial charge in [0, 0.05) is 0 Å². The van der Waals surface area contributed by atoms with Crippen LogP contribution in [0.25, 0.3) is 0 Å². The molecule has 0 aliphatic heterocycles. The summed E-state index contributed by atoms with van der Waals surface area (Å²) < 4.78 is 0. The molecule has 0 heterocycles. The number of hydrogen-bond acceptors (Lipinski definition) is 2. The number of carbonyl (C=O) groups is 2. The first-order valence-corrected chi connectivity index (χ1v) is 9.98. The van der Waals surface area contributed by atoms with Crippen LogP contribution < -0.4 is 18.9 Å². The van der Waals surface area contributed by atoms with E-state index >= 15 is 0 Å². The van der Waals surface area contributed by atoms with Crippen molar-refractivity contribution < 1.29 is 40.1 Å². The van der Waals surface area contributed by atoms with Crippen LogP contribution >= 0.6 is 0 Å². The van der Waals surface area contributed by atoms with Crippen molar-refractivity contribution in [2.75, 3.05) is 0 Å². The summed E-state index contributed by atoms with van der Waals surface area (Å²) in [6.45, 7) is 4.25. The van der Waals surface area contributed by atoms with Crippen LogP contribution in [0.3, 0.4) is 0 Å². The molecular formula is C20H39LiO4. The Kier molecular flexibility index (Phi) is 18.2. The minimum absolute atomic E-state index is 0. The molecule has 0 saturated heterocycles. The largest absolute Gasteiger partial charge is 1.00 e. The van der Waals surface area contributed by atoms with E-state index in [9.17, 15) is 19.8 Å². The van der Waals surface area contributed by atoms with Gasteiger partial charge in [-0.05, 0) is 12.8 Å². The normalized spacial score (nSPS) is 11.1. The summed E-state index contributed by atoms with van der Waals surface area (Å²) in [6, 6.07) is 0. The topological polar surface area (TPSA) is 74.6 Å². The summed E-state index contributed by atoms with van der Waals surface area (Å²) in [6.07, 6.45) is 14.7. The Morgan fingerprint density at radius 2 is 0.920 bits per heavy atom. The fourth-order valence-electron chi connectivity index (χ4n) is 3.24. The van der Waals surface area contributed by atoms with E-state index in [0.29, 0.717) is 12.8 Å². The molecule has 0 amide bonds. The Morgan fingerprint density at radius 1 is 0.640 bits per heavy atom. The zero-order valence-electron chi connectivity index (χ0n) is 17.8. The van der Waals surface area contributed by atoms with Gasteiger partial charge in [0.1, 0.15) is 0 Å². The molecule has 0 aromatic heterocycles. The van der Waals surface area contributed by atoms with Gasteiger partial charge in [0.2, 0.25) is 0 Å². The van der Waals surface area contributed by atoms with Gasteiger partial charge in [0.15, 0.2) is 5.41 Å². The van der Waals surface area contributed by atoms with E-state index in [1.807, 2.05) is 6.92 Å². The summed E-state index contributed by atoms with van der Waals surface area (Å²) in [4.78, 5) is 23.1. The van der Waals surface area contributed by atoms with Gasteiger partial charge < -0.3 is 11.6 Å². The van der Waals surface area contributed by atoms with Crippen molar-refractivity contribution in [3.8, 4) is 0 Å². The average molecular weight is 350 g/mol. The molecule has 0 unspecified atom stereocenters. The Hall–Kier alpha value is -0.463. The van der Waals surface area contributed by atoms with E-state index in [1.54, 1.807) is 0 Å². The molecule has 0 aromatic rings. The number of hydrogen-bond donors (Lipinski definition) is 2. The van der Waals surface area contributed by atoms with Gasteiger partial charge in [0.05, 0.1) is 0 Å². The molecular weight excluding hydrogens is 311 g/mol. The average Bonchev–Trinajstić information content (AvgIpc) is 2.54. The van der Waals surface area contributed by atoms with Gasteiger partial charge in [0.25, 0.3) is 0 Å². The second-order valence-electron chi connectivity index (χ2n) is 7.08. The zero-order chi connectivity index (χ0) is 18.3. The predicted molar refractivity (Wildman–Crippen MR) is 99.4 cm³/mol. The van der Waals surface area contributed by atoms with Gasteiger partial charge in [-0.3, -0.25) is 9.59 Å². The second-order valence-corrected chi connectivity index (χ2v) is 7.08. The van der Waals surface area contributed by atoms with Crippen LogP contribution in [0.4, 0.5) is 0 Å². The minimum Gasteiger partial charge on any atom is -1.00 e. The van der Waals surface area contributed by atoms with E-state index in [1.165, 1.54) is 44.9 Å². The molecule has 0 aliphatic carbocycles. The maximum absolute atomic E-state index is 11.6. The molecule has 4 nitrogen and oxygen atoms in total. The Morgan fingerprint density at radius 3 is 1.28 bits per heavy atom. The maximum Gasteiger partial charge on any atom is 1.00 e. The van der Waals surface area contributed by atoms with E-state index < -0.39 is 17.4 Å². The van der Waals surface area contributed by atoms with Crippen LogP contribution in [0.15, 0.2) is 0 Å². The van der Waals surface area contributed by atoms with Crippen LogP contribution in [0.1, 0.15) is 112 Å². The molecule has 144 valence electrons. The molecule has 0 spiro atoms. The molecule has 0 radical (unpaired) electrons. The Labute approximate surface area is 167 Å². The SMILES string of the molecule is CCCCCCCCCCCCC(CCCCC)(C(=O)O)C(=O)O.[H-].[Li+]. The molecule has 0 aliphatic rings. The third kappa shape index (κ3) is 11.7. The predicted octanol–water partition coefficient (Wildman–Crippen LogP) is 3.15. The van der Waals surface area contributed by atoms with Gasteiger partial charge in [-0.1, -0.05) is 97.3 Å². The van der Waals surface area contributed by atoms with Gasteiger partial charge in [-0.25, -0.2) is 0 Å². The molecule has 0 aromatic carbocycles.